The third-order valence-corrected chi connectivity index (χ3v) is 5.94. The van der Waals surface area contributed by atoms with Gasteiger partial charge < -0.3 is 16.0 Å². The summed E-state index contributed by atoms with van der Waals surface area (Å²) in [6, 6.07) is 1.58. The minimum absolute atomic E-state index is 0. The summed E-state index contributed by atoms with van der Waals surface area (Å²) < 4.78 is 0. The highest BCUT2D eigenvalue weighted by atomic mass is 35.5. The predicted molar refractivity (Wildman–Crippen MR) is 113 cm³/mol. The summed E-state index contributed by atoms with van der Waals surface area (Å²) in [6.07, 6.45) is 8.45. The molecule has 0 aromatic rings. The molecule has 0 spiro atoms. The number of hydrogen-bond acceptors (Lipinski definition) is 4. The molecule has 3 rings (SSSR count). The SMILES string of the molecule is CCCNC(=O)CN1CCC(NC(=O)CC2CC3CCC(C2)N3)CC1.Cl.Cl. The molecule has 3 aliphatic rings. The number of fused-ring (bicyclic) bond motifs is 2. The lowest BCUT2D eigenvalue weighted by atomic mass is 9.89. The number of halogens is 2. The Bertz CT molecular complexity index is 461. The smallest absolute Gasteiger partial charge is 0.234 e. The minimum atomic E-state index is 0. The van der Waals surface area contributed by atoms with Crippen molar-refractivity contribution in [3.05, 3.63) is 0 Å². The summed E-state index contributed by atoms with van der Waals surface area (Å²) in [5.74, 6) is 0.899. The van der Waals surface area contributed by atoms with Crippen molar-refractivity contribution in [1.82, 2.24) is 20.9 Å². The van der Waals surface area contributed by atoms with Gasteiger partial charge in [0.15, 0.2) is 0 Å². The molecule has 3 saturated heterocycles. The van der Waals surface area contributed by atoms with E-state index in [1.807, 2.05) is 0 Å². The number of nitrogens with one attached hydrogen (secondary N) is 3. The molecular weight excluding hydrogens is 387 g/mol. The Labute approximate surface area is 175 Å². The standard InChI is InChI=1S/C19H34N4O2.2ClH/c1-2-7-20-19(25)13-23-8-5-15(6-9-23)22-18(24)12-14-10-16-3-4-17(11-14)21-16;;/h14-17,21H,2-13H2,1H3,(H,20,25)(H,22,24);2*1H. The van der Waals surface area contributed by atoms with E-state index in [2.05, 4.69) is 27.8 Å². The molecule has 2 atom stereocenters. The molecule has 3 heterocycles. The highest BCUT2D eigenvalue weighted by Gasteiger charge is 2.34. The number of likely N-dealkylation sites (tertiary alicyclic amines) is 1. The van der Waals surface area contributed by atoms with E-state index in [9.17, 15) is 9.59 Å². The quantitative estimate of drug-likeness (QED) is 0.585. The second-order valence-electron chi connectivity index (χ2n) is 8.15. The minimum Gasteiger partial charge on any atom is -0.355 e. The average Bonchev–Trinajstić information content (AvgIpc) is 2.93. The van der Waals surface area contributed by atoms with Crippen molar-refractivity contribution in [3.8, 4) is 0 Å². The topological polar surface area (TPSA) is 73.5 Å². The van der Waals surface area contributed by atoms with Gasteiger partial charge in [-0.25, -0.2) is 0 Å². The summed E-state index contributed by atoms with van der Waals surface area (Å²) in [5, 5.41) is 9.80. The van der Waals surface area contributed by atoms with E-state index in [1.165, 1.54) is 12.8 Å². The van der Waals surface area contributed by atoms with Gasteiger partial charge in [0.2, 0.25) is 11.8 Å². The molecule has 0 saturated carbocycles. The molecule has 3 fully saturated rings. The molecule has 3 aliphatic heterocycles. The molecule has 2 unspecified atom stereocenters. The third-order valence-electron chi connectivity index (χ3n) is 5.94. The van der Waals surface area contributed by atoms with Gasteiger partial charge in [0.1, 0.15) is 0 Å². The Hall–Kier alpha value is -0.560. The van der Waals surface area contributed by atoms with Crippen LogP contribution in [0.4, 0.5) is 0 Å². The van der Waals surface area contributed by atoms with Gasteiger partial charge in [-0.1, -0.05) is 6.92 Å². The van der Waals surface area contributed by atoms with E-state index in [0.717, 1.165) is 51.7 Å². The second-order valence-corrected chi connectivity index (χ2v) is 8.15. The summed E-state index contributed by atoms with van der Waals surface area (Å²) in [6.45, 7) is 5.08. The Kier molecular flexibility index (Phi) is 11.0. The summed E-state index contributed by atoms with van der Waals surface area (Å²) >= 11 is 0. The fourth-order valence-corrected chi connectivity index (χ4v) is 4.65. The van der Waals surface area contributed by atoms with Crippen LogP contribution in [0, 0.1) is 5.92 Å². The first-order chi connectivity index (χ1) is 12.1. The van der Waals surface area contributed by atoms with Gasteiger partial charge in [0, 0.05) is 44.2 Å². The van der Waals surface area contributed by atoms with Crippen LogP contribution in [0.2, 0.25) is 0 Å². The predicted octanol–water partition coefficient (Wildman–Crippen LogP) is 1.86. The van der Waals surface area contributed by atoms with E-state index in [4.69, 9.17) is 0 Å². The van der Waals surface area contributed by atoms with Crippen LogP contribution < -0.4 is 16.0 Å². The van der Waals surface area contributed by atoms with Gasteiger partial charge in [0.05, 0.1) is 6.54 Å². The average molecular weight is 423 g/mol. The zero-order valence-corrected chi connectivity index (χ0v) is 18.0. The zero-order chi connectivity index (χ0) is 17.6. The molecule has 0 aliphatic carbocycles. The molecule has 27 heavy (non-hydrogen) atoms. The molecule has 0 radical (unpaired) electrons. The first-order valence-electron chi connectivity index (χ1n) is 10.2. The monoisotopic (exact) mass is 422 g/mol. The fraction of sp³-hybridized carbons (Fsp3) is 0.895. The van der Waals surface area contributed by atoms with Crippen LogP contribution in [0.1, 0.15) is 58.3 Å². The van der Waals surface area contributed by atoms with Crippen LogP contribution in [-0.2, 0) is 9.59 Å². The maximum absolute atomic E-state index is 12.4. The molecular formula is C19H36Cl2N4O2. The first-order valence-corrected chi connectivity index (χ1v) is 10.2. The Morgan fingerprint density at radius 1 is 1.00 bits per heavy atom. The first kappa shape index (κ1) is 24.5. The molecule has 2 bridgehead atoms. The lowest BCUT2D eigenvalue weighted by Gasteiger charge is -2.33. The fourth-order valence-electron chi connectivity index (χ4n) is 4.65. The second kappa shape index (κ2) is 12.1. The third kappa shape index (κ3) is 7.76. The van der Waals surface area contributed by atoms with Gasteiger partial charge >= 0.3 is 0 Å². The number of carbonyl (C=O) groups is 2. The van der Waals surface area contributed by atoms with Crippen LogP contribution in [0.25, 0.3) is 0 Å². The van der Waals surface area contributed by atoms with E-state index in [-0.39, 0.29) is 42.7 Å². The molecule has 0 aromatic carbocycles. The van der Waals surface area contributed by atoms with Crippen LogP contribution in [-0.4, -0.2) is 61.0 Å². The number of carbonyl (C=O) groups excluding carboxylic acids is 2. The van der Waals surface area contributed by atoms with Crippen LogP contribution in [0.3, 0.4) is 0 Å². The molecule has 3 N–H and O–H groups in total. The highest BCUT2D eigenvalue weighted by molar-refractivity contribution is 5.85. The lowest BCUT2D eigenvalue weighted by molar-refractivity contribution is -0.124. The summed E-state index contributed by atoms with van der Waals surface area (Å²) in [5.41, 5.74) is 0. The van der Waals surface area contributed by atoms with E-state index in [1.54, 1.807) is 0 Å². The van der Waals surface area contributed by atoms with Crippen molar-refractivity contribution >= 4 is 36.6 Å². The number of amides is 2. The van der Waals surface area contributed by atoms with Crippen molar-refractivity contribution in [2.45, 2.75) is 76.4 Å². The maximum Gasteiger partial charge on any atom is 0.234 e. The largest absolute Gasteiger partial charge is 0.355 e. The van der Waals surface area contributed by atoms with Crippen LogP contribution in [0.15, 0.2) is 0 Å². The summed E-state index contributed by atoms with van der Waals surface area (Å²) in [4.78, 5) is 26.4. The molecule has 6 nitrogen and oxygen atoms in total. The van der Waals surface area contributed by atoms with Crippen molar-refractivity contribution in [3.63, 3.8) is 0 Å². The van der Waals surface area contributed by atoms with E-state index in [0.29, 0.717) is 31.0 Å². The van der Waals surface area contributed by atoms with Crippen LogP contribution >= 0.6 is 24.8 Å². The Balaban J connectivity index is 0.00000182. The number of piperidine rings is 2. The number of nitrogens with zero attached hydrogens (tertiary/aromatic N) is 1. The van der Waals surface area contributed by atoms with Gasteiger partial charge in [-0.05, 0) is 50.9 Å². The van der Waals surface area contributed by atoms with Crippen molar-refractivity contribution in [1.29, 1.82) is 0 Å². The molecule has 2 amide bonds. The van der Waals surface area contributed by atoms with Crippen LogP contribution in [0.5, 0.6) is 0 Å². The maximum atomic E-state index is 12.4. The van der Waals surface area contributed by atoms with Gasteiger partial charge in [-0.3, -0.25) is 14.5 Å². The molecule has 8 heteroatoms. The van der Waals surface area contributed by atoms with Crippen molar-refractivity contribution in [2.24, 2.45) is 5.92 Å². The van der Waals surface area contributed by atoms with Gasteiger partial charge in [-0.2, -0.15) is 0 Å². The molecule has 0 aromatic heterocycles. The number of hydrogen-bond donors (Lipinski definition) is 3. The van der Waals surface area contributed by atoms with E-state index >= 15 is 0 Å². The van der Waals surface area contributed by atoms with E-state index < -0.39 is 0 Å². The normalized spacial score (nSPS) is 28.0. The van der Waals surface area contributed by atoms with Crippen molar-refractivity contribution < 1.29 is 9.59 Å². The highest BCUT2D eigenvalue weighted by Crippen LogP contribution is 2.32. The lowest BCUT2D eigenvalue weighted by Crippen LogP contribution is -2.48. The van der Waals surface area contributed by atoms with Gasteiger partial charge in [-0.15, -0.1) is 24.8 Å². The zero-order valence-electron chi connectivity index (χ0n) is 16.4. The molecule has 158 valence electrons. The summed E-state index contributed by atoms with van der Waals surface area (Å²) in [7, 11) is 0. The van der Waals surface area contributed by atoms with Crippen molar-refractivity contribution in [2.75, 3.05) is 26.2 Å². The Morgan fingerprint density at radius 2 is 1.63 bits per heavy atom. The number of rotatable bonds is 7. The Morgan fingerprint density at radius 3 is 2.22 bits per heavy atom. The van der Waals surface area contributed by atoms with Gasteiger partial charge in [0.25, 0.3) is 0 Å².